The first-order valence-electron chi connectivity index (χ1n) is 4.07. The van der Waals surface area contributed by atoms with E-state index in [1.54, 1.807) is 6.07 Å². The molecular formula is C9H11BrN2OS. The highest BCUT2D eigenvalue weighted by Crippen LogP contribution is 2.21. The van der Waals surface area contributed by atoms with Crippen LogP contribution in [0.1, 0.15) is 0 Å². The van der Waals surface area contributed by atoms with Gasteiger partial charge in [0.25, 0.3) is 0 Å². The number of hydrogen-bond donors (Lipinski definition) is 3. The number of thiol groups is 1. The SMILES string of the molecule is NC(CS)C(=O)Nc1ccccc1Br. The molecule has 3 N–H and O–H groups in total. The number of hydrogen-bond acceptors (Lipinski definition) is 3. The van der Waals surface area contributed by atoms with Crippen molar-refractivity contribution in [1.82, 2.24) is 0 Å². The maximum Gasteiger partial charge on any atom is 0.242 e. The van der Waals surface area contributed by atoms with Crippen molar-refractivity contribution in [3.8, 4) is 0 Å². The van der Waals surface area contributed by atoms with Crippen LogP contribution in [-0.4, -0.2) is 17.7 Å². The Kier molecular flexibility index (Phi) is 4.44. The van der Waals surface area contributed by atoms with Gasteiger partial charge in [-0.25, -0.2) is 0 Å². The number of nitrogens with one attached hydrogen (secondary N) is 1. The van der Waals surface area contributed by atoms with Crippen molar-refractivity contribution in [2.75, 3.05) is 11.1 Å². The van der Waals surface area contributed by atoms with Crippen molar-refractivity contribution < 1.29 is 4.79 Å². The number of halogens is 1. The van der Waals surface area contributed by atoms with Crippen LogP contribution in [0.15, 0.2) is 28.7 Å². The van der Waals surface area contributed by atoms with Crippen molar-refractivity contribution in [3.05, 3.63) is 28.7 Å². The molecule has 14 heavy (non-hydrogen) atoms. The lowest BCUT2D eigenvalue weighted by molar-refractivity contribution is -0.116. The molecule has 0 spiro atoms. The number of benzene rings is 1. The van der Waals surface area contributed by atoms with Crippen LogP contribution in [0.4, 0.5) is 5.69 Å². The summed E-state index contributed by atoms with van der Waals surface area (Å²) in [7, 11) is 0. The molecular weight excluding hydrogens is 264 g/mol. The Bertz CT molecular complexity index is 332. The van der Waals surface area contributed by atoms with Crippen LogP contribution in [0.25, 0.3) is 0 Å². The van der Waals surface area contributed by atoms with E-state index < -0.39 is 6.04 Å². The number of rotatable bonds is 3. The van der Waals surface area contributed by atoms with Gasteiger partial charge in [-0.2, -0.15) is 12.6 Å². The van der Waals surface area contributed by atoms with E-state index in [-0.39, 0.29) is 5.91 Å². The third kappa shape index (κ3) is 3.01. The fraction of sp³-hybridized carbons (Fsp3) is 0.222. The van der Waals surface area contributed by atoms with Crippen LogP contribution in [-0.2, 0) is 4.79 Å². The van der Waals surface area contributed by atoms with E-state index in [1.807, 2.05) is 18.2 Å². The van der Waals surface area contributed by atoms with E-state index in [1.165, 1.54) is 0 Å². The smallest absolute Gasteiger partial charge is 0.242 e. The number of amides is 1. The average Bonchev–Trinajstić information content (AvgIpc) is 2.20. The quantitative estimate of drug-likeness (QED) is 0.735. The van der Waals surface area contributed by atoms with E-state index in [4.69, 9.17) is 5.73 Å². The molecule has 3 nitrogen and oxygen atoms in total. The van der Waals surface area contributed by atoms with E-state index in [0.29, 0.717) is 5.75 Å². The first-order chi connectivity index (χ1) is 6.65. The topological polar surface area (TPSA) is 55.1 Å². The fourth-order valence-corrected chi connectivity index (χ4v) is 1.42. The van der Waals surface area contributed by atoms with Crippen LogP contribution < -0.4 is 11.1 Å². The third-order valence-corrected chi connectivity index (χ3v) is 2.75. The number of nitrogens with two attached hydrogens (primary N) is 1. The van der Waals surface area contributed by atoms with Gasteiger partial charge in [-0.3, -0.25) is 4.79 Å². The third-order valence-electron chi connectivity index (χ3n) is 1.67. The first kappa shape index (κ1) is 11.6. The molecule has 1 atom stereocenters. The van der Waals surface area contributed by atoms with Crippen LogP contribution in [0.2, 0.25) is 0 Å². The summed E-state index contributed by atoms with van der Waals surface area (Å²) in [6.07, 6.45) is 0. The van der Waals surface area contributed by atoms with E-state index in [9.17, 15) is 4.79 Å². The number of carbonyl (C=O) groups is 1. The molecule has 0 radical (unpaired) electrons. The Hall–Kier alpha value is -0.520. The largest absolute Gasteiger partial charge is 0.324 e. The molecule has 1 amide bonds. The van der Waals surface area contributed by atoms with Gasteiger partial charge in [0.15, 0.2) is 0 Å². The Labute approximate surface area is 96.6 Å². The Balaban J connectivity index is 2.70. The van der Waals surface area contributed by atoms with Gasteiger partial charge in [-0.15, -0.1) is 0 Å². The molecule has 1 unspecified atom stereocenters. The van der Waals surface area contributed by atoms with Crippen molar-refractivity contribution in [1.29, 1.82) is 0 Å². The summed E-state index contributed by atoms with van der Waals surface area (Å²) in [5.74, 6) is 0.0999. The van der Waals surface area contributed by atoms with Gasteiger partial charge in [0.1, 0.15) is 0 Å². The Morgan fingerprint density at radius 3 is 2.79 bits per heavy atom. The highest BCUT2D eigenvalue weighted by molar-refractivity contribution is 9.10. The molecule has 0 aliphatic heterocycles. The first-order valence-corrected chi connectivity index (χ1v) is 5.49. The van der Waals surface area contributed by atoms with Crippen LogP contribution in [0.3, 0.4) is 0 Å². The second-order valence-corrected chi connectivity index (χ2v) is 3.98. The average molecular weight is 275 g/mol. The van der Waals surface area contributed by atoms with Gasteiger partial charge in [-0.05, 0) is 28.1 Å². The lowest BCUT2D eigenvalue weighted by Gasteiger charge is -2.10. The van der Waals surface area contributed by atoms with Gasteiger partial charge in [-0.1, -0.05) is 12.1 Å². The molecule has 0 aliphatic rings. The number of carbonyl (C=O) groups excluding carboxylic acids is 1. The summed E-state index contributed by atoms with van der Waals surface area (Å²) in [6, 6.07) is 6.78. The van der Waals surface area contributed by atoms with Crippen molar-refractivity contribution in [3.63, 3.8) is 0 Å². The normalized spacial score (nSPS) is 12.2. The Morgan fingerprint density at radius 1 is 1.57 bits per heavy atom. The van der Waals surface area contributed by atoms with Gasteiger partial charge in [0, 0.05) is 10.2 Å². The zero-order valence-electron chi connectivity index (χ0n) is 7.40. The van der Waals surface area contributed by atoms with E-state index in [0.717, 1.165) is 10.2 Å². The zero-order chi connectivity index (χ0) is 10.6. The van der Waals surface area contributed by atoms with E-state index >= 15 is 0 Å². The maximum atomic E-state index is 11.4. The van der Waals surface area contributed by atoms with Gasteiger partial charge >= 0.3 is 0 Å². The molecule has 1 aromatic rings. The summed E-state index contributed by atoms with van der Waals surface area (Å²) in [5.41, 5.74) is 6.23. The second-order valence-electron chi connectivity index (χ2n) is 2.76. The maximum absolute atomic E-state index is 11.4. The van der Waals surface area contributed by atoms with Crippen LogP contribution in [0.5, 0.6) is 0 Å². The standard InChI is InChI=1S/C9H11BrN2OS/c10-6-3-1-2-4-8(6)12-9(13)7(11)5-14/h1-4,7,14H,5,11H2,(H,12,13). The van der Waals surface area contributed by atoms with Gasteiger partial charge in [0.05, 0.1) is 11.7 Å². The fourth-order valence-electron chi connectivity index (χ4n) is 0.871. The number of anilines is 1. The molecule has 5 heteroatoms. The molecule has 76 valence electrons. The minimum atomic E-state index is -0.578. The molecule has 0 bridgehead atoms. The molecule has 0 saturated heterocycles. The Morgan fingerprint density at radius 2 is 2.21 bits per heavy atom. The molecule has 0 saturated carbocycles. The zero-order valence-corrected chi connectivity index (χ0v) is 9.89. The van der Waals surface area contributed by atoms with Crippen LogP contribution >= 0.6 is 28.6 Å². The lowest BCUT2D eigenvalue weighted by atomic mass is 10.3. The summed E-state index contributed by atoms with van der Waals surface area (Å²) < 4.78 is 0.833. The van der Waals surface area contributed by atoms with Crippen molar-refractivity contribution >= 4 is 40.2 Å². The number of para-hydroxylation sites is 1. The summed E-state index contributed by atoms with van der Waals surface area (Å²) in [4.78, 5) is 11.4. The highest BCUT2D eigenvalue weighted by atomic mass is 79.9. The predicted octanol–water partition coefficient (Wildman–Crippen LogP) is 1.64. The minimum absolute atomic E-state index is 0.230. The summed E-state index contributed by atoms with van der Waals surface area (Å²) in [6.45, 7) is 0. The highest BCUT2D eigenvalue weighted by Gasteiger charge is 2.12. The molecule has 0 aliphatic carbocycles. The lowest BCUT2D eigenvalue weighted by Crippen LogP contribution is -2.37. The second kappa shape index (κ2) is 5.38. The van der Waals surface area contributed by atoms with Crippen LogP contribution in [0, 0.1) is 0 Å². The van der Waals surface area contributed by atoms with Crippen molar-refractivity contribution in [2.45, 2.75) is 6.04 Å². The van der Waals surface area contributed by atoms with Gasteiger partial charge in [0.2, 0.25) is 5.91 Å². The molecule has 0 aromatic heterocycles. The van der Waals surface area contributed by atoms with Crippen molar-refractivity contribution in [2.24, 2.45) is 5.73 Å². The molecule has 1 aromatic carbocycles. The molecule has 0 heterocycles. The molecule has 1 rings (SSSR count). The minimum Gasteiger partial charge on any atom is -0.324 e. The summed E-state index contributed by atoms with van der Waals surface area (Å²) >= 11 is 7.27. The monoisotopic (exact) mass is 274 g/mol. The van der Waals surface area contributed by atoms with E-state index in [2.05, 4.69) is 33.9 Å². The summed E-state index contributed by atoms with van der Waals surface area (Å²) in [5, 5.41) is 2.70. The predicted molar refractivity (Wildman–Crippen MR) is 64.6 cm³/mol. The van der Waals surface area contributed by atoms with Gasteiger partial charge < -0.3 is 11.1 Å². The molecule has 0 fully saturated rings.